The molecule has 30 heavy (non-hydrogen) atoms. The molecule has 2 aromatic rings. The Balaban J connectivity index is 1.85. The van der Waals surface area contributed by atoms with E-state index in [0.29, 0.717) is 28.1 Å². The minimum atomic E-state index is -2.17. The number of rotatable bonds is 6. The lowest BCUT2D eigenvalue weighted by Crippen LogP contribution is -2.46. The number of ether oxygens (including phenoxy) is 2. The van der Waals surface area contributed by atoms with Crippen molar-refractivity contribution < 1.29 is 28.6 Å². The highest BCUT2D eigenvalue weighted by Gasteiger charge is 2.41. The van der Waals surface area contributed by atoms with Gasteiger partial charge in [-0.2, -0.15) is 0 Å². The highest BCUT2D eigenvalue weighted by Crippen LogP contribution is 2.38. The summed E-state index contributed by atoms with van der Waals surface area (Å²) < 4.78 is 24.1. The van der Waals surface area contributed by atoms with Crippen molar-refractivity contribution in [1.82, 2.24) is 0 Å². The summed E-state index contributed by atoms with van der Waals surface area (Å²) in [5.41, 5.74) is -1.17. The number of hydrogen-bond donors (Lipinski definition) is 2. The number of carbonyl (C=O) groups is 2. The van der Waals surface area contributed by atoms with Crippen LogP contribution in [0.5, 0.6) is 5.75 Å². The molecular weight excluding hydrogens is 389 g/mol. The van der Waals surface area contributed by atoms with E-state index in [4.69, 9.17) is 15.9 Å². The maximum atomic E-state index is 13.8. The van der Waals surface area contributed by atoms with Crippen molar-refractivity contribution in [2.24, 2.45) is 0 Å². The van der Waals surface area contributed by atoms with Crippen molar-refractivity contribution in [3.63, 3.8) is 0 Å². The lowest BCUT2D eigenvalue weighted by atomic mass is 9.74. The monoisotopic (exact) mass is 411 g/mol. The average Bonchev–Trinajstić information content (AvgIpc) is 3.07. The molecule has 2 N–H and O–H groups in total. The van der Waals surface area contributed by atoms with Gasteiger partial charge in [-0.15, -0.1) is 6.42 Å². The summed E-state index contributed by atoms with van der Waals surface area (Å²) in [6.45, 7) is 3.58. The van der Waals surface area contributed by atoms with Gasteiger partial charge in [0.1, 0.15) is 18.2 Å². The number of amides is 1. The van der Waals surface area contributed by atoms with E-state index in [1.807, 2.05) is 0 Å². The Bertz CT molecular complexity index is 1060. The molecule has 3 rings (SSSR count). The Hall–Kier alpha value is -3.37. The summed E-state index contributed by atoms with van der Waals surface area (Å²) in [5, 5.41) is 13.5. The molecule has 0 fully saturated rings. The lowest BCUT2D eigenvalue weighted by Gasteiger charge is -2.33. The Kier molecular flexibility index (Phi) is 5.55. The van der Waals surface area contributed by atoms with Gasteiger partial charge in [-0.25, -0.2) is 9.18 Å². The van der Waals surface area contributed by atoms with Crippen molar-refractivity contribution in [3.8, 4) is 18.1 Å². The van der Waals surface area contributed by atoms with Crippen LogP contribution in [0.15, 0.2) is 36.4 Å². The molecule has 7 heteroatoms. The van der Waals surface area contributed by atoms with Crippen molar-refractivity contribution in [1.29, 1.82) is 0 Å². The minimum absolute atomic E-state index is 0.115. The van der Waals surface area contributed by atoms with Crippen molar-refractivity contribution >= 4 is 17.6 Å². The number of cyclic esters (lactones) is 1. The maximum Gasteiger partial charge on any atom is 0.338 e. The number of halogens is 1. The topological polar surface area (TPSA) is 84.9 Å². The molecule has 0 saturated heterocycles. The van der Waals surface area contributed by atoms with Gasteiger partial charge in [-0.05, 0) is 41.8 Å². The molecule has 1 aliphatic heterocycles. The zero-order valence-electron chi connectivity index (χ0n) is 16.9. The number of terminal acetylenes is 1. The fourth-order valence-electron chi connectivity index (χ4n) is 3.59. The number of esters is 1. The van der Waals surface area contributed by atoms with Gasteiger partial charge in [-0.3, -0.25) is 4.79 Å². The smallest absolute Gasteiger partial charge is 0.338 e. The molecule has 1 atom stereocenters. The molecule has 1 amide bonds. The van der Waals surface area contributed by atoms with E-state index in [-0.39, 0.29) is 13.0 Å². The number of fused-ring (bicyclic) bond motifs is 1. The second-order valence-corrected chi connectivity index (χ2v) is 7.81. The van der Waals surface area contributed by atoms with E-state index >= 15 is 0 Å². The van der Waals surface area contributed by atoms with Crippen molar-refractivity contribution in [2.75, 3.05) is 12.4 Å². The lowest BCUT2D eigenvalue weighted by molar-refractivity contribution is -0.130. The molecule has 1 heterocycles. The first-order valence-corrected chi connectivity index (χ1v) is 9.25. The quantitative estimate of drug-likeness (QED) is 0.563. The van der Waals surface area contributed by atoms with E-state index in [1.54, 1.807) is 19.9 Å². The SMILES string of the molecule is C#CC(O)(CC(C)(C)c1cc(F)ccc1OC)C(=O)Nc1ccc2c(c1)COC2=O. The van der Waals surface area contributed by atoms with Crippen LogP contribution < -0.4 is 10.1 Å². The number of nitrogens with one attached hydrogen (secondary N) is 1. The van der Waals surface area contributed by atoms with Gasteiger partial charge in [0.15, 0.2) is 0 Å². The normalized spacial score (nSPS) is 14.9. The fraction of sp³-hybridized carbons (Fsp3) is 0.304. The van der Waals surface area contributed by atoms with Gasteiger partial charge in [-0.1, -0.05) is 19.8 Å². The predicted octanol–water partition coefficient (Wildman–Crippen LogP) is 3.18. The van der Waals surface area contributed by atoms with E-state index in [0.717, 1.165) is 0 Å². The van der Waals surface area contributed by atoms with Crippen LogP contribution in [0, 0.1) is 18.2 Å². The van der Waals surface area contributed by atoms with Crippen LogP contribution in [-0.4, -0.2) is 29.7 Å². The Labute approximate surface area is 174 Å². The predicted molar refractivity (Wildman–Crippen MR) is 109 cm³/mol. The van der Waals surface area contributed by atoms with E-state index in [2.05, 4.69) is 11.2 Å². The number of methoxy groups -OCH3 is 1. The zero-order chi connectivity index (χ0) is 22.1. The third-order valence-electron chi connectivity index (χ3n) is 5.14. The largest absolute Gasteiger partial charge is 0.496 e. The number of hydrogen-bond acceptors (Lipinski definition) is 5. The van der Waals surface area contributed by atoms with Gasteiger partial charge in [0.05, 0.1) is 12.7 Å². The molecule has 6 nitrogen and oxygen atoms in total. The van der Waals surface area contributed by atoms with Crippen LogP contribution in [0.3, 0.4) is 0 Å². The molecule has 156 valence electrons. The average molecular weight is 411 g/mol. The molecule has 1 unspecified atom stereocenters. The van der Waals surface area contributed by atoms with E-state index < -0.39 is 28.7 Å². The van der Waals surface area contributed by atoms with Crippen LogP contribution in [0.25, 0.3) is 0 Å². The van der Waals surface area contributed by atoms with Crippen LogP contribution >= 0.6 is 0 Å². The Morgan fingerprint density at radius 3 is 2.73 bits per heavy atom. The molecule has 0 spiro atoms. The molecular formula is C23H22FNO5. The standard InChI is InChI=1S/C23H22FNO5/c1-5-23(28,13-22(2,3)18-11-15(24)6-9-19(18)29-4)21(27)25-16-7-8-17-14(10-16)12-30-20(17)26/h1,6-11,28H,12-13H2,2-4H3,(H,25,27). The number of anilines is 1. The first-order valence-electron chi connectivity index (χ1n) is 9.25. The first kappa shape index (κ1) is 21.3. The molecule has 0 aliphatic carbocycles. The summed E-state index contributed by atoms with van der Waals surface area (Å²) in [7, 11) is 1.45. The van der Waals surface area contributed by atoms with Crippen LogP contribution in [0.2, 0.25) is 0 Å². The van der Waals surface area contributed by atoms with Gasteiger partial charge in [0, 0.05) is 23.2 Å². The van der Waals surface area contributed by atoms with Crippen LogP contribution in [0.1, 0.15) is 41.8 Å². The second-order valence-electron chi connectivity index (χ2n) is 7.81. The summed E-state index contributed by atoms with van der Waals surface area (Å²) in [6.07, 6.45) is 5.34. The van der Waals surface area contributed by atoms with Gasteiger partial charge >= 0.3 is 5.97 Å². The van der Waals surface area contributed by atoms with Gasteiger partial charge < -0.3 is 19.9 Å². The zero-order valence-corrected chi connectivity index (χ0v) is 16.9. The Morgan fingerprint density at radius 1 is 1.33 bits per heavy atom. The molecule has 1 aliphatic rings. The summed E-state index contributed by atoms with van der Waals surface area (Å²) in [4.78, 5) is 24.4. The van der Waals surface area contributed by atoms with Crippen LogP contribution in [-0.2, 0) is 21.6 Å². The minimum Gasteiger partial charge on any atom is -0.496 e. The fourth-order valence-corrected chi connectivity index (χ4v) is 3.59. The number of benzene rings is 2. The molecule has 0 radical (unpaired) electrons. The van der Waals surface area contributed by atoms with E-state index in [9.17, 15) is 19.1 Å². The van der Waals surface area contributed by atoms with Crippen LogP contribution in [0.4, 0.5) is 10.1 Å². The number of carbonyl (C=O) groups excluding carboxylic acids is 2. The highest BCUT2D eigenvalue weighted by molar-refractivity contribution is 6.00. The first-order chi connectivity index (χ1) is 14.1. The summed E-state index contributed by atoms with van der Waals surface area (Å²) >= 11 is 0. The van der Waals surface area contributed by atoms with Gasteiger partial charge in [0.25, 0.3) is 5.91 Å². The number of aliphatic hydroxyl groups is 1. The molecule has 0 saturated carbocycles. The molecule has 0 bridgehead atoms. The maximum absolute atomic E-state index is 13.8. The third-order valence-corrected chi connectivity index (χ3v) is 5.14. The van der Waals surface area contributed by atoms with Crippen molar-refractivity contribution in [2.45, 2.75) is 37.9 Å². The molecule has 2 aromatic carbocycles. The Morgan fingerprint density at radius 2 is 2.07 bits per heavy atom. The van der Waals surface area contributed by atoms with E-state index in [1.165, 1.54) is 37.4 Å². The van der Waals surface area contributed by atoms with Gasteiger partial charge in [0.2, 0.25) is 5.60 Å². The third kappa shape index (κ3) is 4.00. The highest BCUT2D eigenvalue weighted by atomic mass is 19.1. The summed E-state index contributed by atoms with van der Waals surface area (Å²) in [5.74, 6) is 0.888. The molecule has 0 aromatic heterocycles. The van der Waals surface area contributed by atoms with Crippen molar-refractivity contribution in [3.05, 3.63) is 58.9 Å². The summed E-state index contributed by atoms with van der Waals surface area (Å²) in [6, 6.07) is 8.70. The second kappa shape index (κ2) is 7.81.